The van der Waals surface area contributed by atoms with E-state index in [-0.39, 0.29) is 5.91 Å². The molecular formula is C18H21NOS2. The molecule has 0 aromatic heterocycles. The molecule has 0 fully saturated rings. The highest BCUT2D eigenvalue weighted by atomic mass is 32.2. The number of amides is 1. The Kier molecular flexibility index (Phi) is 7.40. The van der Waals surface area contributed by atoms with Gasteiger partial charge in [-0.3, -0.25) is 4.79 Å². The summed E-state index contributed by atoms with van der Waals surface area (Å²) in [5.74, 6) is 2.42. The Labute approximate surface area is 141 Å². The third kappa shape index (κ3) is 6.16. The Morgan fingerprint density at radius 3 is 2.55 bits per heavy atom. The monoisotopic (exact) mass is 331 g/mol. The van der Waals surface area contributed by atoms with Gasteiger partial charge in [0.1, 0.15) is 0 Å². The number of benzene rings is 2. The van der Waals surface area contributed by atoms with Gasteiger partial charge in [-0.2, -0.15) is 0 Å². The van der Waals surface area contributed by atoms with E-state index in [1.165, 1.54) is 16.0 Å². The zero-order valence-corrected chi connectivity index (χ0v) is 14.4. The van der Waals surface area contributed by atoms with Gasteiger partial charge in [0, 0.05) is 22.9 Å². The molecule has 0 saturated heterocycles. The number of thioether (sulfide) groups is 2. The van der Waals surface area contributed by atoms with Gasteiger partial charge in [-0.25, -0.2) is 0 Å². The van der Waals surface area contributed by atoms with E-state index < -0.39 is 0 Å². The van der Waals surface area contributed by atoms with Gasteiger partial charge < -0.3 is 5.32 Å². The number of nitrogens with one attached hydrogen (secondary N) is 1. The smallest absolute Gasteiger partial charge is 0.230 e. The predicted octanol–water partition coefficient (Wildman–Crippen LogP) is 4.14. The Morgan fingerprint density at radius 2 is 1.77 bits per heavy atom. The Balaban J connectivity index is 1.57. The zero-order chi connectivity index (χ0) is 15.6. The highest BCUT2D eigenvalue weighted by Crippen LogP contribution is 2.16. The largest absolute Gasteiger partial charge is 0.355 e. The highest BCUT2D eigenvalue weighted by molar-refractivity contribution is 7.99. The van der Waals surface area contributed by atoms with Crippen LogP contribution in [-0.2, 0) is 10.5 Å². The molecule has 0 aliphatic rings. The lowest BCUT2D eigenvalue weighted by molar-refractivity contribution is -0.118. The van der Waals surface area contributed by atoms with Crippen molar-refractivity contribution in [3.63, 3.8) is 0 Å². The Morgan fingerprint density at radius 1 is 1.05 bits per heavy atom. The number of hydrogen-bond donors (Lipinski definition) is 1. The minimum Gasteiger partial charge on any atom is -0.355 e. The van der Waals surface area contributed by atoms with Crippen molar-refractivity contribution in [2.45, 2.75) is 17.6 Å². The third-order valence-corrected chi connectivity index (χ3v) is 5.18. The molecule has 2 aromatic rings. The van der Waals surface area contributed by atoms with Crippen LogP contribution < -0.4 is 5.32 Å². The van der Waals surface area contributed by atoms with Crippen molar-refractivity contribution in [2.75, 3.05) is 18.1 Å². The van der Waals surface area contributed by atoms with Crippen LogP contribution in [0.1, 0.15) is 11.1 Å². The van der Waals surface area contributed by atoms with Gasteiger partial charge in [0.25, 0.3) is 0 Å². The summed E-state index contributed by atoms with van der Waals surface area (Å²) in [7, 11) is 0. The van der Waals surface area contributed by atoms with Gasteiger partial charge in [-0.05, 0) is 30.2 Å². The van der Waals surface area contributed by atoms with E-state index >= 15 is 0 Å². The maximum absolute atomic E-state index is 11.8. The van der Waals surface area contributed by atoms with Gasteiger partial charge >= 0.3 is 0 Å². The van der Waals surface area contributed by atoms with Gasteiger partial charge in [-0.15, -0.1) is 23.5 Å². The fraction of sp³-hybridized carbons (Fsp3) is 0.278. The summed E-state index contributed by atoms with van der Waals surface area (Å²) < 4.78 is 0. The summed E-state index contributed by atoms with van der Waals surface area (Å²) >= 11 is 3.43. The van der Waals surface area contributed by atoms with Crippen molar-refractivity contribution in [1.29, 1.82) is 0 Å². The second kappa shape index (κ2) is 9.59. The zero-order valence-electron chi connectivity index (χ0n) is 12.7. The first-order valence-corrected chi connectivity index (χ1v) is 9.46. The second-order valence-electron chi connectivity index (χ2n) is 4.93. The molecule has 2 aromatic carbocycles. The minimum atomic E-state index is 0.118. The summed E-state index contributed by atoms with van der Waals surface area (Å²) in [5.41, 5.74) is 2.59. The van der Waals surface area contributed by atoms with Crippen LogP contribution in [-0.4, -0.2) is 24.0 Å². The van der Waals surface area contributed by atoms with E-state index in [1.54, 1.807) is 23.5 Å². The summed E-state index contributed by atoms with van der Waals surface area (Å²) in [6.07, 6.45) is 0. The molecule has 0 aliphatic heterocycles. The molecule has 0 heterocycles. The first-order chi connectivity index (χ1) is 10.8. The second-order valence-corrected chi connectivity index (χ2v) is 7.08. The number of hydrogen-bond acceptors (Lipinski definition) is 3. The van der Waals surface area contributed by atoms with Gasteiger partial charge in [0.2, 0.25) is 5.91 Å². The van der Waals surface area contributed by atoms with Crippen LogP contribution in [0.2, 0.25) is 0 Å². The Hall–Kier alpha value is -1.39. The number of carbonyl (C=O) groups excluding carboxylic acids is 1. The van der Waals surface area contributed by atoms with Crippen molar-refractivity contribution < 1.29 is 4.79 Å². The molecular weight excluding hydrogens is 310 g/mol. The van der Waals surface area contributed by atoms with Crippen molar-refractivity contribution >= 4 is 29.4 Å². The first-order valence-electron chi connectivity index (χ1n) is 7.32. The third-order valence-electron chi connectivity index (χ3n) is 3.19. The van der Waals surface area contributed by atoms with Crippen molar-refractivity contribution in [3.8, 4) is 0 Å². The molecule has 116 valence electrons. The van der Waals surface area contributed by atoms with E-state index in [0.717, 1.165) is 11.5 Å². The normalized spacial score (nSPS) is 10.4. The molecule has 1 amide bonds. The van der Waals surface area contributed by atoms with Crippen molar-refractivity contribution in [2.24, 2.45) is 0 Å². The van der Waals surface area contributed by atoms with Crippen LogP contribution in [0.4, 0.5) is 0 Å². The average Bonchev–Trinajstić information content (AvgIpc) is 2.54. The Bertz CT molecular complexity index is 587. The molecule has 0 radical (unpaired) electrons. The molecule has 1 N–H and O–H groups in total. The molecule has 2 rings (SSSR count). The number of carbonyl (C=O) groups is 1. The average molecular weight is 332 g/mol. The quantitative estimate of drug-likeness (QED) is 0.582. The van der Waals surface area contributed by atoms with Crippen molar-refractivity contribution in [1.82, 2.24) is 5.32 Å². The predicted molar refractivity (Wildman–Crippen MR) is 97.5 cm³/mol. The van der Waals surface area contributed by atoms with Crippen LogP contribution >= 0.6 is 23.5 Å². The molecule has 0 atom stereocenters. The number of rotatable bonds is 8. The van der Waals surface area contributed by atoms with Crippen LogP contribution in [0.3, 0.4) is 0 Å². The summed E-state index contributed by atoms with van der Waals surface area (Å²) in [4.78, 5) is 13.0. The minimum absolute atomic E-state index is 0.118. The van der Waals surface area contributed by atoms with Crippen LogP contribution in [0.25, 0.3) is 0 Å². The fourth-order valence-electron chi connectivity index (χ4n) is 1.95. The van der Waals surface area contributed by atoms with E-state index in [9.17, 15) is 4.79 Å². The molecule has 0 aliphatic carbocycles. The maximum Gasteiger partial charge on any atom is 0.230 e. The highest BCUT2D eigenvalue weighted by Gasteiger charge is 2.03. The van der Waals surface area contributed by atoms with Gasteiger partial charge in [0.15, 0.2) is 0 Å². The van der Waals surface area contributed by atoms with Crippen LogP contribution in [0.15, 0.2) is 59.5 Å². The summed E-state index contributed by atoms with van der Waals surface area (Å²) in [6.45, 7) is 2.82. The van der Waals surface area contributed by atoms with Gasteiger partial charge in [-0.1, -0.05) is 42.5 Å². The van der Waals surface area contributed by atoms with Crippen LogP contribution in [0.5, 0.6) is 0 Å². The van der Waals surface area contributed by atoms with E-state index in [4.69, 9.17) is 0 Å². The molecule has 2 nitrogen and oxygen atoms in total. The van der Waals surface area contributed by atoms with Crippen LogP contribution in [0, 0.1) is 6.92 Å². The lowest BCUT2D eigenvalue weighted by atomic mass is 10.1. The van der Waals surface area contributed by atoms with E-state index in [0.29, 0.717) is 12.3 Å². The fourth-order valence-corrected chi connectivity index (χ4v) is 3.68. The summed E-state index contributed by atoms with van der Waals surface area (Å²) in [6, 6.07) is 18.6. The molecule has 0 spiro atoms. The molecule has 4 heteroatoms. The topological polar surface area (TPSA) is 29.1 Å². The number of aryl methyl sites for hydroxylation is 1. The van der Waals surface area contributed by atoms with Gasteiger partial charge in [0.05, 0.1) is 5.75 Å². The molecule has 0 unspecified atom stereocenters. The first kappa shape index (κ1) is 17.0. The van der Waals surface area contributed by atoms with E-state index in [2.05, 4.69) is 36.5 Å². The lowest BCUT2D eigenvalue weighted by Crippen LogP contribution is -2.27. The SMILES string of the molecule is Cc1ccccc1CSCC(=O)NCCSc1ccccc1. The maximum atomic E-state index is 11.8. The van der Waals surface area contributed by atoms with E-state index in [1.807, 2.05) is 30.3 Å². The molecule has 22 heavy (non-hydrogen) atoms. The lowest BCUT2D eigenvalue weighted by Gasteiger charge is -2.07. The molecule has 0 bridgehead atoms. The molecule has 0 saturated carbocycles. The summed E-state index contributed by atoms with van der Waals surface area (Å²) in [5, 5.41) is 2.97. The van der Waals surface area contributed by atoms with Crippen molar-refractivity contribution in [3.05, 3.63) is 65.7 Å². The standard InChI is InChI=1S/C18H21NOS2/c1-15-7-5-6-8-16(15)13-21-14-18(20)19-11-12-22-17-9-3-2-4-10-17/h2-10H,11-14H2,1H3,(H,19,20).